The fraction of sp³-hybridized carbons (Fsp3) is 0.286. The maximum absolute atomic E-state index is 13.8. The van der Waals surface area contributed by atoms with Gasteiger partial charge in [0.2, 0.25) is 11.8 Å². The summed E-state index contributed by atoms with van der Waals surface area (Å²) in [5.74, 6) is -0.838. The van der Waals surface area contributed by atoms with Crippen LogP contribution in [0.5, 0.6) is 0 Å². The van der Waals surface area contributed by atoms with Gasteiger partial charge in [0.25, 0.3) is 10.0 Å². The third-order valence-electron chi connectivity index (χ3n) is 5.86. The molecule has 1 atom stereocenters. The molecule has 0 unspecified atom stereocenters. The first-order chi connectivity index (χ1) is 17.5. The number of amides is 2. The second-order valence-electron chi connectivity index (χ2n) is 9.10. The van der Waals surface area contributed by atoms with Gasteiger partial charge in [-0.2, -0.15) is 0 Å². The molecule has 9 heteroatoms. The molecule has 7 nitrogen and oxygen atoms in total. The molecule has 0 aliphatic rings. The lowest BCUT2D eigenvalue weighted by atomic mass is 10.1. The molecule has 0 heterocycles. The summed E-state index contributed by atoms with van der Waals surface area (Å²) in [5, 5.41) is 3.39. The molecule has 3 rings (SSSR count). The lowest BCUT2D eigenvalue weighted by Crippen LogP contribution is -2.52. The van der Waals surface area contributed by atoms with Crippen LogP contribution in [0.3, 0.4) is 0 Å². The predicted octanol–water partition coefficient (Wildman–Crippen LogP) is 4.79. The predicted molar refractivity (Wildman–Crippen MR) is 147 cm³/mol. The van der Waals surface area contributed by atoms with Crippen molar-refractivity contribution in [3.63, 3.8) is 0 Å². The Hall–Kier alpha value is -3.36. The van der Waals surface area contributed by atoms with Crippen molar-refractivity contribution in [1.29, 1.82) is 0 Å². The topological polar surface area (TPSA) is 86.8 Å². The molecule has 0 aliphatic heterocycles. The summed E-state index contributed by atoms with van der Waals surface area (Å²) in [4.78, 5) is 28.2. The number of aryl methyl sites for hydroxylation is 1. The van der Waals surface area contributed by atoms with Gasteiger partial charge in [-0.1, -0.05) is 60.1 Å². The van der Waals surface area contributed by atoms with Crippen LogP contribution in [-0.2, 0) is 26.2 Å². The van der Waals surface area contributed by atoms with Crippen LogP contribution in [0.2, 0.25) is 5.02 Å². The number of benzene rings is 3. The van der Waals surface area contributed by atoms with Crippen molar-refractivity contribution in [1.82, 2.24) is 10.2 Å². The minimum Gasteiger partial charge on any atom is -0.352 e. The molecule has 3 aromatic rings. The van der Waals surface area contributed by atoms with Crippen LogP contribution in [0.25, 0.3) is 0 Å². The van der Waals surface area contributed by atoms with E-state index in [0.29, 0.717) is 16.3 Å². The van der Waals surface area contributed by atoms with Gasteiger partial charge in [0.05, 0.1) is 10.6 Å². The fourth-order valence-electron chi connectivity index (χ4n) is 3.85. The molecule has 0 saturated heterocycles. The molecule has 0 aromatic heterocycles. The number of nitrogens with zero attached hydrogens (tertiary/aromatic N) is 2. The first kappa shape index (κ1) is 28.2. The highest BCUT2D eigenvalue weighted by Crippen LogP contribution is 2.27. The van der Waals surface area contributed by atoms with Crippen LogP contribution >= 0.6 is 11.6 Å². The molecule has 0 radical (unpaired) electrons. The summed E-state index contributed by atoms with van der Waals surface area (Å²) in [6.45, 7) is 6.72. The van der Waals surface area contributed by atoms with Gasteiger partial charge >= 0.3 is 0 Å². The SMILES string of the molecule is Cc1ccccc1N(CC(=O)N(Cc1ccc(Cl)cc1)[C@H](C)C(=O)NC(C)C)S(=O)(=O)c1ccccc1. The van der Waals surface area contributed by atoms with E-state index in [1.807, 2.05) is 13.8 Å². The number of hydrogen-bond acceptors (Lipinski definition) is 4. The van der Waals surface area contributed by atoms with E-state index in [1.165, 1.54) is 17.0 Å². The zero-order chi connectivity index (χ0) is 27.2. The molecule has 0 bridgehead atoms. The number of carbonyl (C=O) groups is 2. The first-order valence-corrected chi connectivity index (χ1v) is 13.8. The summed E-state index contributed by atoms with van der Waals surface area (Å²) in [5.41, 5.74) is 1.85. The smallest absolute Gasteiger partial charge is 0.264 e. The first-order valence-electron chi connectivity index (χ1n) is 12.0. The number of sulfonamides is 1. The second kappa shape index (κ2) is 12.3. The van der Waals surface area contributed by atoms with E-state index >= 15 is 0 Å². The van der Waals surface area contributed by atoms with Crippen molar-refractivity contribution in [2.45, 2.75) is 51.2 Å². The Balaban J connectivity index is 2.02. The molecular weight excluding hydrogens is 510 g/mol. The molecule has 0 aliphatic carbocycles. The monoisotopic (exact) mass is 541 g/mol. The van der Waals surface area contributed by atoms with Crippen molar-refractivity contribution >= 4 is 39.1 Å². The normalized spacial score (nSPS) is 12.2. The van der Waals surface area contributed by atoms with Crippen LogP contribution < -0.4 is 9.62 Å². The van der Waals surface area contributed by atoms with E-state index in [2.05, 4.69) is 5.32 Å². The number of halogens is 1. The van der Waals surface area contributed by atoms with Crippen molar-refractivity contribution in [2.75, 3.05) is 10.8 Å². The minimum atomic E-state index is -4.08. The van der Waals surface area contributed by atoms with E-state index < -0.39 is 28.5 Å². The maximum atomic E-state index is 13.8. The molecule has 0 spiro atoms. The van der Waals surface area contributed by atoms with Gasteiger partial charge in [-0.15, -0.1) is 0 Å². The number of hydrogen-bond donors (Lipinski definition) is 1. The molecular formula is C28H32ClN3O4S. The number of nitrogens with one attached hydrogen (secondary N) is 1. The maximum Gasteiger partial charge on any atom is 0.264 e. The van der Waals surface area contributed by atoms with E-state index in [-0.39, 0.29) is 23.4 Å². The summed E-state index contributed by atoms with van der Waals surface area (Å²) >= 11 is 6.02. The average molecular weight is 542 g/mol. The molecule has 196 valence electrons. The van der Waals surface area contributed by atoms with E-state index in [9.17, 15) is 18.0 Å². The molecule has 1 N–H and O–H groups in total. The van der Waals surface area contributed by atoms with Gasteiger partial charge in [0, 0.05) is 17.6 Å². The van der Waals surface area contributed by atoms with Crippen molar-refractivity contribution in [2.24, 2.45) is 0 Å². The van der Waals surface area contributed by atoms with Gasteiger partial charge in [0.15, 0.2) is 0 Å². The quantitative estimate of drug-likeness (QED) is 0.400. The zero-order valence-corrected chi connectivity index (χ0v) is 23.0. The molecule has 0 fully saturated rings. The van der Waals surface area contributed by atoms with Crippen LogP contribution in [-0.4, -0.2) is 43.8 Å². The Bertz CT molecular complexity index is 1330. The fourth-order valence-corrected chi connectivity index (χ4v) is 5.48. The Kier molecular flexibility index (Phi) is 9.34. The van der Waals surface area contributed by atoms with E-state index in [4.69, 9.17) is 11.6 Å². The standard InChI is InChI=1S/C28H32ClN3O4S/c1-20(2)30-28(34)22(4)31(18-23-14-16-24(29)17-15-23)27(33)19-32(26-13-9-8-10-21(26)3)37(35,36)25-11-6-5-7-12-25/h5-17,20,22H,18-19H2,1-4H3,(H,30,34)/t22-/m1/s1. The minimum absolute atomic E-state index is 0.0703. The lowest BCUT2D eigenvalue weighted by molar-refractivity contribution is -0.139. The number of rotatable bonds is 10. The summed E-state index contributed by atoms with van der Waals surface area (Å²) < 4.78 is 28.6. The van der Waals surface area contributed by atoms with Gasteiger partial charge in [-0.25, -0.2) is 8.42 Å². The number of para-hydroxylation sites is 1. The van der Waals surface area contributed by atoms with Gasteiger partial charge < -0.3 is 10.2 Å². The average Bonchev–Trinajstić information content (AvgIpc) is 2.87. The third-order valence-corrected chi connectivity index (χ3v) is 7.88. The molecule has 0 saturated carbocycles. The van der Waals surface area contributed by atoms with Crippen LogP contribution in [0.4, 0.5) is 5.69 Å². The van der Waals surface area contributed by atoms with Crippen molar-refractivity contribution in [3.05, 3.63) is 95.0 Å². The Morgan fingerprint density at radius 2 is 1.49 bits per heavy atom. The summed E-state index contributed by atoms with van der Waals surface area (Å²) in [6, 6.07) is 21.0. The molecule has 3 aromatic carbocycles. The van der Waals surface area contributed by atoms with Crippen molar-refractivity contribution < 1.29 is 18.0 Å². The van der Waals surface area contributed by atoms with Crippen LogP contribution in [0, 0.1) is 6.92 Å². The highest BCUT2D eigenvalue weighted by Gasteiger charge is 2.33. The van der Waals surface area contributed by atoms with Gasteiger partial charge in [0.1, 0.15) is 12.6 Å². The summed E-state index contributed by atoms with van der Waals surface area (Å²) in [6.07, 6.45) is 0. The largest absolute Gasteiger partial charge is 0.352 e. The Morgan fingerprint density at radius 1 is 0.892 bits per heavy atom. The Morgan fingerprint density at radius 3 is 2.08 bits per heavy atom. The second-order valence-corrected chi connectivity index (χ2v) is 11.4. The van der Waals surface area contributed by atoms with Crippen LogP contribution in [0.15, 0.2) is 83.8 Å². The zero-order valence-electron chi connectivity index (χ0n) is 21.4. The number of carbonyl (C=O) groups excluding carboxylic acids is 2. The van der Waals surface area contributed by atoms with E-state index in [1.54, 1.807) is 80.6 Å². The number of anilines is 1. The molecule has 37 heavy (non-hydrogen) atoms. The van der Waals surface area contributed by atoms with Gasteiger partial charge in [-0.3, -0.25) is 13.9 Å². The highest BCUT2D eigenvalue weighted by atomic mass is 35.5. The third kappa shape index (κ3) is 7.11. The highest BCUT2D eigenvalue weighted by molar-refractivity contribution is 7.92. The van der Waals surface area contributed by atoms with E-state index in [0.717, 1.165) is 9.87 Å². The molecule has 2 amide bonds. The lowest BCUT2D eigenvalue weighted by Gasteiger charge is -2.32. The van der Waals surface area contributed by atoms with Crippen molar-refractivity contribution in [3.8, 4) is 0 Å². The Labute approximate surface area is 224 Å². The van der Waals surface area contributed by atoms with Gasteiger partial charge in [-0.05, 0) is 69.2 Å². The van der Waals surface area contributed by atoms with Crippen LogP contribution in [0.1, 0.15) is 31.9 Å². The summed E-state index contributed by atoms with van der Waals surface area (Å²) in [7, 11) is -4.08.